The monoisotopic (exact) mass is 459 g/mol. The van der Waals surface area contributed by atoms with E-state index in [0.29, 0.717) is 30.9 Å². The molecule has 0 radical (unpaired) electrons. The minimum atomic E-state index is -0.299. The van der Waals surface area contributed by atoms with Crippen molar-refractivity contribution in [3.8, 4) is 0 Å². The van der Waals surface area contributed by atoms with Gasteiger partial charge in [-0.3, -0.25) is 19.1 Å². The molecule has 176 valence electrons. The van der Waals surface area contributed by atoms with Crippen molar-refractivity contribution in [1.82, 2.24) is 20.0 Å². The summed E-state index contributed by atoms with van der Waals surface area (Å²) < 4.78 is 1.72. The molecule has 0 aliphatic carbocycles. The van der Waals surface area contributed by atoms with E-state index in [1.807, 2.05) is 74.6 Å². The van der Waals surface area contributed by atoms with Gasteiger partial charge in [0, 0.05) is 56.3 Å². The van der Waals surface area contributed by atoms with E-state index in [-0.39, 0.29) is 36.6 Å². The van der Waals surface area contributed by atoms with Gasteiger partial charge in [-0.05, 0) is 24.6 Å². The summed E-state index contributed by atoms with van der Waals surface area (Å²) in [6.45, 7) is 2.76. The highest BCUT2D eigenvalue weighted by atomic mass is 16.2. The van der Waals surface area contributed by atoms with Gasteiger partial charge in [0.2, 0.25) is 11.8 Å². The molecule has 1 aromatic heterocycles. The van der Waals surface area contributed by atoms with Gasteiger partial charge >= 0.3 is 0 Å². The maximum absolute atomic E-state index is 12.9. The van der Waals surface area contributed by atoms with Gasteiger partial charge in [0.15, 0.2) is 5.69 Å². The number of hydrogen-bond donors (Lipinski definition) is 2. The third-order valence-electron chi connectivity index (χ3n) is 6.08. The fourth-order valence-corrected chi connectivity index (χ4v) is 4.22. The number of carbonyl (C=O) groups is 3. The first-order valence-corrected chi connectivity index (χ1v) is 11.5. The Kier molecular flexibility index (Phi) is 7.06. The van der Waals surface area contributed by atoms with E-state index in [4.69, 9.17) is 0 Å². The molecule has 2 aromatic carbocycles. The van der Waals surface area contributed by atoms with Crippen molar-refractivity contribution in [1.29, 1.82) is 0 Å². The Labute approximate surface area is 199 Å². The number of fused-ring (bicyclic) bond motifs is 1. The lowest BCUT2D eigenvalue weighted by molar-refractivity contribution is -0.134. The number of benzene rings is 2. The smallest absolute Gasteiger partial charge is 0.276 e. The SMILES string of the molecule is C[C@H](NC(=O)CCC(=O)N1CCc2c(c(C(=O)Nc3ccccc3)nn2C)C1)c1ccccc1. The van der Waals surface area contributed by atoms with E-state index in [1.165, 1.54) is 0 Å². The van der Waals surface area contributed by atoms with Crippen molar-refractivity contribution < 1.29 is 14.4 Å². The minimum Gasteiger partial charge on any atom is -0.350 e. The molecule has 3 amide bonds. The number of anilines is 1. The summed E-state index contributed by atoms with van der Waals surface area (Å²) in [5, 5.41) is 10.2. The number of rotatable bonds is 7. The molecule has 0 spiro atoms. The number of carbonyl (C=O) groups excluding carboxylic acids is 3. The molecule has 8 nitrogen and oxygen atoms in total. The van der Waals surface area contributed by atoms with E-state index in [2.05, 4.69) is 15.7 Å². The fourth-order valence-electron chi connectivity index (χ4n) is 4.22. The number of para-hydroxylation sites is 1. The zero-order valence-corrected chi connectivity index (χ0v) is 19.5. The quantitative estimate of drug-likeness (QED) is 0.567. The van der Waals surface area contributed by atoms with E-state index in [0.717, 1.165) is 16.8 Å². The van der Waals surface area contributed by atoms with Crippen LogP contribution in [-0.2, 0) is 29.6 Å². The molecular weight excluding hydrogens is 430 g/mol. The molecule has 0 bridgehead atoms. The van der Waals surface area contributed by atoms with Crippen molar-refractivity contribution in [2.75, 3.05) is 11.9 Å². The molecular formula is C26H29N5O3. The second kappa shape index (κ2) is 10.3. The van der Waals surface area contributed by atoms with Gasteiger partial charge in [-0.15, -0.1) is 0 Å². The van der Waals surface area contributed by atoms with Crippen LogP contribution < -0.4 is 10.6 Å². The molecule has 0 saturated heterocycles. The average Bonchev–Trinajstić information content (AvgIpc) is 3.19. The fraction of sp³-hybridized carbons (Fsp3) is 0.308. The standard InChI is InChI=1S/C26H29N5O3/c1-18(19-9-5-3-6-10-19)27-23(32)13-14-24(33)31-16-15-22-21(17-31)25(29-30(22)2)26(34)28-20-11-7-4-8-12-20/h3-12,18H,13-17H2,1-2H3,(H,27,32)(H,28,34)/t18-/m0/s1. The normalized spacial score (nSPS) is 13.6. The summed E-state index contributed by atoms with van der Waals surface area (Å²) in [5.41, 5.74) is 3.75. The molecule has 1 atom stereocenters. The van der Waals surface area contributed by atoms with Gasteiger partial charge in [0.25, 0.3) is 5.91 Å². The summed E-state index contributed by atoms with van der Waals surface area (Å²) in [6.07, 6.45) is 0.850. The first kappa shape index (κ1) is 23.2. The van der Waals surface area contributed by atoms with Crippen LogP contribution in [0.2, 0.25) is 0 Å². The third kappa shape index (κ3) is 5.33. The Morgan fingerprint density at radius 1 is 1.00 bits per heavy atom. The highest BCUT2D eigenvalue weighted by Crippen LogP contribution is 2.24. The van der Waals surface area contributed by atoms with Gasteiger partial charge in [-0.1, -0.05) is 48.5 Å². The van der Waals surface area contributed by atoms with Crippen LogP contribution in [0.3, 0.4) is 0 Å². The lowest BCUT2D eigenvalue weighted by atomic mass is 10.0. The topological polar surface area (TPSA) is 96.3 Å². The molecule has 0 saturated carbocycles. The molecule has 0 fully saturated rings. The number of nitrogens with one attached hydrogen (secondary N) is 2. The molecule has 3 aromatic rings. The zero-order valence-electron chi connectivity index (χ0n) is 19.5. The predicted molar refractivity (Wildman–Crippen MR) is 129 cm³/mol. The zero-order chi connectivity index (χ0) is 24.1. The Morgan fingerprint density at radius 3 is 2.38 bits per heavy atom. The third-order valence-corrected chi connectivity index (χ3v) is 6.08. The number of nitrogens with zero attached hydrogens (tertiary/aromatic N) is 3. The van der Waals surface area contributed by atoms with Crippen LogP contribution in [0.1, 0.15) is 53.1 Å². The van der Waals surface area contributed by atoms with Crippen LogP contribution >= 0.6 is 0 Å². The van der Waals surface area contributed by atoms with Crippen molar-refractivity contribution in [3.63, 3.8) is 0 Å². The Hall–Kier alpha value is -3.94. The molecule has 2 heterocycles. The van der Waals surface area contributed by atoms with E-state index >= 15 is 0 Å². The molecule has 4 rings (SSSR count). The first-order valence-electron chi connectivity index (χ1n) is 11.5. The second-order valence-corrected chi connectivity index (χ2v) is 8.48. The van der Waals surface area contributed by atoms with Crippen LogP contribution in [-0.4, -0.2) is 38.9 Å². The van der Waals surface area contributed by atoms with Crippen LogP contribution in [0.15, 0.2) is 60.7 Å². The number of aryl methyl sites for hydroxylation is 1. The van der Waals surface area contributed by atoms with Gasteiger partial charge in [0.1, 0.15) is 0 Å². The van der Waals surface area contributed by atoms with Crippen molar-refractivity contribution in [2.24, 2.45) is 7.05 Å². The largest absolute Gasteiger partial charge is 0.350 e. The van der Waals surface area contributed by atoms with Crippen LogP contribution in [0.25, 0.3) is 0 Å². The Balaban J connectivity index is 1.35. The van der Waals surface area contributed by atoms with Crippen molar-refractivity contribution in [3.05, 3.63) is 83.2 Å². The van der Waals surface area contributed by atoms with E-state index in [1.54, 1.807) is 9.58 Å². The van der Waals surface area contributed by atoms with E-state index in [9.17, 15) is 14.4 Å². The summed E-state index contributed by atoms with van der Waals surface area (Å²) in [5.74, 6) is -0.565. The Bertz CT molecular complexity index is 1170. The molecule has 8 heteroatoms. The predicted octanol–water partition coefficient (Wildman–Crippen LogP) is 3.21. The maximum Gasteiger partial charge on any atom is 0.276 e. The van der Waals surface area contributed by atoms with Crippen LogP contribution in [0, 0.1) is 0 Å². The molecule has 0 unspecified atom stereocenters. The highest BCUT2D eigenvalue weighted by Gasteiger charge is 2.29. The minimum absolute atomic E-state index is 0.105. The van der Waals surface area contributed by atoms with Gasteiger partial charge < -0.3 is 15.5 Å². The lowest BCUT2D eigenvalue weighted by Crippen LogP contribution is -2.37. The highest BCUT2D eigenvalue weighted by molar-refractivity contribution is 6.04. The number of aromatic nitrogens is 2. The summed E-state index contributed by atoms with van der Waals surface area (Å²) in [4.78, 5) is 39.8. The first-order chi connectivity index (χ1) is 16.4. The summed E-state index contributed by atoms with van der Waals surface area (Å²) in [7, 11) is 1.81. The van der Waals surface area contributed by atoms with Gasteiger partial charge in [0.05, 0.1) is 6.04 Å². The maximum atomic E-state index is 12.9. The van der Waals surface area contributed by atoms with Crippen LogP contribution in [0.4, 0.5) is 5.69 Å². The molecule has 34 heavy (non-hydrogen) atoms. The molecule has 2 N–H and O–H groups in total. The van der Waals surface area contributed by atoms with E-state index < -0.39 is 0 Å². The van der Waals surface area contributed by atoms with Gasteiger partial charge in [-0.2, -0.15) is 5.10 Å². The van der Waals surface area contributed by atoms with Crippen LogP contribution in [0.5, 0.6) is 0 Å². The Morgan fingerprint density at radius 2 is 1.68 bits per heavy atom. The van der Waals surface area contributed by atoms with Crippen molar-refractivity contribution in [2.45, 2.75) is 38.8 Å². The number of amides is 3. The summed E-state index contributed by atoms with van der Waals surface area (Å²) >= 11 is 0. The second-order valence-electron chi connectivity index (χ2n) is 8.48. The molecule has 1 aliphatic heterocycles. The summed E-state index contributed by atoms with van der Waals surface area (Å²) in [6, 6.07) is 18.8. The lowest BCUT2D eigenvalue weighted by Gasteiger charge is -2.27. The molecule has 1 aliphatic rings. The number of hydrogen-bond acceptors (Lipinski definition) is 4. The average molecular weight is 460 g/mol. The van der Waals surface area contributed by atoms with Crippen molar-refractivity contribution >= 4 is 23.4 Å². The van der Waals surface area contributed by atoms with Gasteiger partial charge in [-0.25, -0.2) is 0 Å².